The van der Waals surface area contributed by atoms with E-state index in [9.17, 15) is 9.59 Å². The Morgan fingerprint density at radius 1 is 1.21 bits per heavy atom. The Kier molecular flexibility index (Phi) is 10.1. The third kappa shape index (κ3) is 10.5. The van der Waals surface area contributed by atoms with Crippen molar-refractivity contribution in [3.63, 3.8) is 0 Å². The number of carbonyl (C=O) groups excluding carboxylic acids is 1. The van der Waals surface area contributed by atoms with Crippen LogP contribution in [-0.2, 0) is 14.3 Å². The average Bonchev–Trinajstić information content (AvgIpc) is 2.36. The Balaban J connectivity index is 3.63. The van der Waals surface area contributed by atoms with Gasteiger partial charge in [-0.25, -0.2) is 0 Å². The highest BCUT2D eigenvalue weighted by atomic mass is 16.5. The number of nitrogens with one attached hydrogen (secondary N) is 2. The predicted molar refractivity (Wildman–Crippen MR) is 73.0 cm³/mol. The van der Waals surface area contributed by atoms with E-state index in [0.717, 1.165) is 6.42 Å². The molecule has 0 saturated heterocycles. The van der Waals surface area contributed by atoms with E-state index < -0.39 is 5.97 Å². The first kappa shape index (κ1) is 17.9. The zero-order valence-corrected chi connectivity index (χ0v) is 12.1. The first-order chi connectivity index (χ1) is 8.97. The van der Waals surface area contributed by atoms with Gasteiger partial charge < -0.3 is 20.5 Å². The van der Waals surface area contributed by atoms with Crippen molar-refractivity contribution in [2.45, 2.75) is 39.2 Å². The Labute approximate surface area is 114 Å². The van der Waals surface area contributed by atoms with Crippen LogP contribution in [0.25, 0.3) is 0 Å². The number of ether oxygens (including phenoxy) is 1. The number of hydrogen-bond donors (Lipinski definition) is 3. The van der Waals surface area contributed by atoms with Crippen molar-refractivity contribution < 1.29 is 19.4 Å². The number of carboxylic acid groups (broad SMARTS) is 1. The monoisotopic (exact) mass is 274 g/mol. The van der Waals surface area contributed by atoms with Gasteiger partial charge in [0.1, 0.15) is 0 Å². The molecule has 112 valence electrons. The maximum Gasteiger partial charge on any atom is 0.303 e. The third-order valence-corrected chi connectivity index (χ3v) is 2.94. The van der Waals surface area contributed by atoms with Gasteiger partial charge in [0, 0.05) is 20.1 Å². The number of hydrogen-bond acceptors (Lipinski definition) is 4. The molecule has 0 aromatic heterocycles. The summed E-state index contributed by atoms with van der Waals surface area (Å²) >= 11 is 0. The van der Waals surface area contributed by atoms with Gasteiger partial charge in [0.15, 0.2) is 0 Å². The number of methoxy groups -OCH3 is 1. The van der Waals surface area contributed by atoms with Crippen molar-refractivity contribution >= 4 is 11.9 Å². The molecule has 0 aliphatic carbocycles. The summed E-state index contributed by atoms with van der Waals surface area (Å²) in [5, 5.41) is 14.5. The average molecular weight is 274 g/mol. The van der Waals surface area contributed by atoms with Crippen LogP contribution in [-0.4, -0.2) is 49.8 Å². The second kappa shape index (κ2) is 10.8. The topological polar surface area (TPSA) is 87.7 Å². The molecule has 2 unspecified atom stereocenters. The van der Waals surface area contributed by atoms with Crippen molar-refractivity contribution in [1.82, 2.24) is 10.6 Å². The second-order valence-electron chi connectivity index (χ2n) is 4.79. The molecular formula is C13H26N2O4. The van der Waals surface area contributed by atoms with Crippen molar-refractivity contribution in [2.75, 3.05) is 26.8 Å². The lowest BCUT2D eigenvalue weighted by molar-refractivity contribution is -0.137. The van der Waals surface area contributed by atoms with Gasteiger partial charge in [0.25, 0.3) is 0 Å². The Morgan fingerprint density at radius 3 is 2.47 bits per heavy atom. The van der Waals surface area contributed by atoms with E-state index >= 15 is 0 Å². The molecule has 0 aliphatic heterocycles. The fraction of sp³-hybridized carbons (Fsp3) is 0.846. The number of carboxylic acids is 1. The van der Waals surface area contributed by atoms with Crippen molar-refractivity contribution in [2.24, 2.45) is 5.92 Å². The van der Waals surface area contributed by atoms with Gasteiger partial charge in [-0.3, -0.25) is 9.59 Å². The summed E-state index contributed by atoms with van der Waals surface area (Å²) in [5.74, 6) is -0.465. The molecule has 0 fully saturated rings. The normalized spacial score (nSPS) is 13.8. The maximum atomic E-state index is 11.6. The Morgan fingerprint density at radius 2 is 1.89 bits per heavy atom. The summed E-state index contributed by atoms with van der Waals surface area (Å²) in [7, 11) is 1.59. The standard InChI is InChI=1S/C13H26N2O4/c1-10(4-5-12(16)17)6-7-14-11(2)13(18)15-8-9-19-3/h10-11,14H,4-9H2,1-3H3,(H,15,18)(H,16,17). The van der Waals surface area contributed by atoms with Gasteiger partial charge in [-0.05, 0) is 32.2 Å². The van der Waals surface area contributed by atoms with E-state index in [1.54, 1.807) is 7.11 Å². The minimum atomic E-state index is -0.759. The molecule has 1 amide bonds. The van der Waals surface area contributed by atoms with Crippen LogP contribution in [0.4, 0.5) is 0 Å². The van der Waals surface area contributed by atoms with Crippen LogP contribution in [0.15, 0.2) is 0 Å². The summed E-state index contributed by atoms with van der Waals surface area (Å²) in [6, 6.07) is -0.247. The molecular weight excluding hydrogens is 248 g/mol. The van der Waals surface area contributed by atoms with Crippen LogP contribution in [0.5, 0.6) is 0 Å². The van der Waals surface area contributed by atoms with Crippen molar-refractivity contribution in [1.29, 1.82) is 0 Å². The Hall–Kier alpha value is -1.14. The highest BCUT2D eigenvalue weighted by molar-refractivity contribution is 5.81. The molecule has 0 aromatic rings. The van der Waals surface area contributed by atoms with Crippen molar-refractivity contribution in [3.05, 3.63) is 0 Å². The first-order valence-electron chi connectivity index (χ1n) is 6.69. The molecule has 6 nitrogen and oxygen atoms in total. The molecule has 0 aromatic carbocycles. The molecule has 0 bridgehead atoms. The van der Waals surface area contributed by atoms with Crippen LogP contribution in [0.3, 0.4) is 0 Å². The molecule has 0 radical (unpaired) electrons. The van der Waals surface area contributed by atoms with Gasteiger partial charge in [0.2, 0.25) is 5.91 Å². The van der Waals surface area contributed by atoms with E-state index in [-0.39, 0.29) is 18.4 Å². The minimum absolute atomic E-state index is 0.0461. The lowest BCUT2D eigenvalue weighted by Crippen LogP contribution is -2.43. The highest BCUT2D eigenvalue weighted by Crippen LogP contribution is 2.09. The molecule has 0 rings (SSSR count). The van der Waals surface area contributed by atoms with Gasteiger partial charge >= 0.3 is 5.97 Å². The van der Waals surface area contributed by atoms with Gasteiger partial charge in [-0.15, -0.1) is 0 Å². The summed E-state index contributed by atoms with van der Waals surface area (Å²) in [5.41, 5.74) is 0. The van der Waals surface area contributed by atoms with Crippen molar-refractivity contribution in [3.8, 4) is 0 Å². The lowest BCUT2D eigenvalue weighted by Gasteiger charge is -2.15. The molecule has 2 atom stereocenters. The highest BCUT2D eigenvalue weighted by Gasteiger charge is 2.12. The van der Waals surface area contributed by atoms with Crippen LogP contribution in [0.1, 0.15) is 33.1 Å². The van der Waals surface area contributed by atoms with Crippen LogP contribution < -0.4 is 10.6 Å². The second-order valence-corrected chi connectivity index (χ2v) is 4.79. The lowest BCUT2D eigenvalue weighted by atomic mass is 10.0. The molecule has 0 heterocycles. The fourth-order valence-electron chi connectivity index (χ4n) is 1.58. The van der Waals surface area contributed by atoms with Crippen LogP contribution >= 0.6 is 0 Å². The minimum Gasteiger partial charge on any atom is -0.481 e. The molecule has 6 heteroatoms. The molecule has 19 heavy (non-hydrogen) atoms. The fourth-order valence-corrected chi connectivity index (χ4v) is 1.58. The maximum absolute atomic E-state index is 11.6. The third-order valence-electron chi connectivity index (χ3n) is 2.94. The molecule has 0 aliphatic rings. The predicted octanol–water partition coefficient (Wildman–Crippen LogP) is 0.618. The summed E-state index contributed by atoms with van der Waals surface area (Å²) in [6.07, 6.45) is 1.74. The van der Waals surface area contributed by atoms with E-state index in [1.807, 2.05) is 13.8 Å². The quantitative estimate of drug-likeness (QED) is 0.481. The summed E-state index contributed by atoms with van der Waals surface area (Å²) < 4.78 is 4.85. The number of amides is 1. The van der Waals surface area contributed by atoms with Gasteiger partial charge in [0.05, 0.1) is 12.6 Å². The van der Waals surface area contributed by atoms with E-state index in [1.165, 1.54) is 0 Å². The van der Waals surface area contributed by atoms with Crippen LogP contribution in [0, 0.1) is 5.92 Å². The van der Waals surface area contributed by atoms with Gasteiger partial charge in [-0.2, -0.15) is 0 Å². The molecule has 3 N–H and O–H groups in total. The zero-order valence-electron chi connectivity index (χ0n) is 12.1. The number of rotatable bonds is 11. The van der Waals surface area contributed by atoms with Gasteiger partial charge in [-0.1, -0.05) is 6.92 Å². The van der Waals surface area contributed by atoms with E-state index in [4.69, 9.17) is 9.84 Å². The Bertz CT molecular complexity index is 271. The van der Waals surface area contributed by atoms with E-state index in [0.29, 0.717) is 32.0 Å². The molecule has 0 saturated carbocycles. The zero-order chi connectivity index (χ0) is 14.7. The van der Waals surface area contributed by atoms with E-state index in [2.05, 4.69) is 10.6 Å². The largest absolute Gasteiger partial charge is 0.481 e. The van der Waals surface area contributed by atoms with Crippen LogP contribution in [0.2, 0.25) is 0 Å². The first-order valence-corrected chi connectivity index (χ1v) is 6.69. The molecule has 0 spiro atoms. The summed E-state index contributed by atoms with van der Waals surface area (Å²) in [4.78, 5) is 22.0. The SMILES string of the molecule is COCCNC(=O)C(C)NCCC(C)CCC(=O)O. The smallest absolute Gasteiger partial charge is 0.303 e. The number of carbonyl (C=O) groups is 2. The number of aliphatic carboxylic acids is 1. The summed E-state index contributed by atoms with van der Waals surface area (Å²) in [6.45, 7) is 5.55.